The van der Waals surface area contributed by atoms with E-state index in [9.17, 15) is 18.0 Å². The van der Waals surface area contributed by atoms with Crippen LogP contribution in [0.4, 0.5) is 19.0 Å². The molecule has 0 saturated carbocycles. The number of primary amides is 1. The first-order valence-corrected chi connectivity index (χ1v) is 4.45. The van der Waals surface area contributed by atoms with E-state index in [2.05, 4.69) is 10.3 Å². The van der Waals surface area contributed by atoms with Gasteiger partial charge in [-0.25, -0.2) is 4.98 Å². The molecule has 0 aromatic carbocycles. The van der Waals surface area contributed by atoms with Crippen LogP contribution in [-0.2, 0) is 0 Å². The van der Waals surface area contributed by atoms with Crippen molar-refractivity contribution in [2.75, 3.05) is 11.9 Å². The van der Waals surface area contributed by atoms with E-state index in [1.807, 2.05) is 0 Å². The minimum Gasteiger partial charge on any atom is -0.369 e. The maximum Gasteiger partial charge on any atom is 0.390 e. The summed E-state index contributed by atoms with van der Waals surface area (Å²) in [5.41, 5.74) is 5.10. The highest BCUT2D eigenvalue weighted by Crippen LogP contribution is 2.19. The van der Waals surface area contributed by atoms with Gasteiger partial charge in [-0.1, -0.05) is 0 Å². The molecule has 0 aliphatic rings. The Labute approximate surface area is 89.7 Å². The van der Waals surface area contributed by atoms with Crippen molar-refractivity contribution in [2.45, 2.75) is 12.6 Å². The molecule has 3 N–H and O–H groups in total. The van der Waals surface area contributed by atoms with E-state index in [4.69, 9.17) is 5.73 Å². The topological polar surface area (TPSA) is 68.0 Å². The van der Waals surface area contributed by atoms with Gasteiger partial charge in [0.2, 0.25) is 0 Å². The Balaban J connectivity index is 2.64. The molecule has 0 aliphatic carbocycles. The number of amides is 1. The fourth-order valence-electron chi connectivity index (χ4n) is 1.07. The van der Waals surface area contributed by atoms with Gasteiger partial charge in [-0.15, -0.1) is 0 Å². The molecule has 0 unspecified atom stereocenters. The Bertz CT molecular complexity index is 379. The molecule has 0 radical (unpaired) electrons. The molecule has 0 bridgehead atoms. The predicted molar refractivity (Wildman–Crippen MR) is 51.9 cm³/mol. The molecule has 1 heterocycles. The van der Waals surface area contributed by atoms with Gasteiger partial charge in [-0.3, -0.25) is 4.79 Å². The van der Waals surface area contributed by atoms with Gasteiger partial charge in [0.05, 0.1) is 12.0 Å². The molecular weight excluding hydrogens is 223 g/mol. The average Bonchev–Trinajstić information content (AvgIpc) is 2.16. The molecule has 16 heavy (non-hydrogen) atoms. The van der Waals surface area contributed by atoms with Gasteiger partial charge >= 0.3 is 6.18 Å². The SMILES string of the molecule is NC(=O)c1cccnc1NCCC(F)(F)F. The largest absolute Gasteiger partial charge is 0.390 e. The fraction of sp³-hybridized carbons (Fsp3) is 0.333. The maximum absolute atomic E-state index is 11.9. The number of nitrogens with one attached hydrogen (secondary N) is 1. The lowest BCUT2D eigenvalue weighted by atomic mass is 10.2. The number of hydrogen-bond donors (Lipinski definition) is 2. The van der Waals surface area contributed by atoms with Gasteiger partial charge in [-0.2, -0.15) is 13.2 Å². The predicted octanol–water partition coefficient (Wildman–Crippen LogP) is 1.54. The highest BCUT2D eigenvalue weighted by atomic mass is 19.4. The molecule has 0 spiro atoms. The van der Waals surface area contributed by atoms with Gasteiger partial charge in [-0.05, 0) is 12.1 Å². The van der Waals surface area contributed by atoms with Crippen LogP contribution in [0.25, 0.3) is 0 Å². The van der Waals surface area contributed by atoms with Crippen molar-refractivity contribution in [1.29, 1.82) is 0 Å². The molecule has 88 valence electrons. The van der Waals surface area contributed by atoms with Crippen LogP contribution >= 0.6 is 0 Å². The Hall–Kier alpha value is -1.79. The third-order valence-corrected chi connectivity index (χ3v) is 1.77. The number of aromatic nitrogens is 1. The van der Waals surface area contributed by atoms with Gasteiger partial charge in [0.25, 0.3) is 5.91 Å². The van der Waals surface area contributed by atoms with Crippen LogP contribution in [0.3, 0.4) is 0 Å². The first kappa shape index (κ1) is 12.3. The van der Waals surface area contributed by atoms with Crippen LogP contribution < -0.4 is 11.1 Å². The van der Waals surface area contributed by atoms with Crippen LogP contribution in [-0.4, -0.2) is 23.6 Å². The van der Waals surface area contributed by atoms with Crippen molar-refractivity contribution in [3.05, 3.63) is 23.9 Å². The lowest BCUT2D eigenvalue weighted by molar-refractivity contribution is -0.131. The molecule has 1 rings (SSSR count). The number of halogens is 3. The van der Waals surface area contributed by atoms with Crippen molar-refractivity contribution in [1.82, 2.24) is 4.98 Å². The van der Waals surface area contributed by atoms with E-state index in [1.54, 1.807) is 0 Å². The lowest BCUT2D eigenvalue weighted by Gasteiger charge is -2.10. The van der Waals surface area contributed by atoms with Crippen molar-refractivity contribution in [2.24, 2.45) is 5.73 Å². The number of nitrogens with two attached hydrogens (primary N) is 1. The Morgan fingerprint density at radius 3 is 2.75 bits per heavy atom. The monoisotopic (exact) mass is 233 g/mol. The van der Waals surface area contributed by atoms with Gasteiger partial charge in [0, 0.05) is 12.7 Å². The molecule has 1 aromatic heterocycles. The van der Waals surface area contributed by atoms with E-state index in [0.717, 1.165) is 0 Å². The van der Waals surface area contributed by atoms with E-state index in [0.29, 0.717) is 0 Å². The third kappa shape index (κ3) is 3.76. The van der Waals surface area contributed by atoms with Crippen LogP contribution in [0.2, 0.25) is 0 Å². The summed E-state index contributed by atoms with van der Waals surface area (Å²) in [5.74, 6) is -0.665. The van der Waals surface area contributed by atoms with E-state index in [-0.39, 0.29) is 17.9 Å². The van der Waals surface area contributed by atoms with E-state index >= 15 is 0 Å². The molecule has 1 amide bonds. The first-order valence-electron chi connectivity index (χ1n) is 4.45. The van der Waals surface area contributed by atoms with Gasteiger partial charge in [0.1, 0.15) is 5.82 Å². The van der Waals surface area contributed by atoms with Crippen LogP contribution in [0.5, 0.6) is 0 Å². The number of carbonyl (C=O) groups excluding carboxylic acids is 1. The number of carbonyl (C=O) groups is 1. The minimum absolute atomic E-state index is 0.0688. The first-order chi connectivity index (χ1) is 7.40. The molecular formula is C9H10F3N3O. The van der Waals surface area contributed by atoms with E-state index < -0.39 is 18.5 Å². The smallest absolute Gasteiger partial charge is 0.369 e. The van der Waals surface area contributed by atoms with Crippen molar-refractivity contribution >= 4 is 11.7 Å². The minimum atomic E-state index is -4.24. The summed E-state index contributed by atoms with van der Waals surface area (Å²) in [6.45, 7) is -0.346. The summed E-state index contributed by atoms with van der Waals surface area (Å²) in [4.78, 5) is 14.6. The Kier molecular flexibility index (Phi) is 3.70. The standard InChI is InChI=1S/C9H10F3N3O/c10-9(11,12)3-5-15-8-6(7(13)16)2-1-4-14-8/h1-2,4H,3,5H2,(H2,13,16)(H,14,15). The zero-order valence-corrected chi connectivity index (χ0v) is 8.21. The van der Waals surface area contributed by atoms with Crippen LogP contribution in [0.1, 0.15) is 16.8 Å². The summed E-state index contributed by atoms with van der Waals surface area (Å²) in [6.07, 6.45) is -3.88. The summed E-state index contributed by atoms with van der Waals surface area (Å²) >= 11 is 0. The van der Waals surface area contributed by atoms with Gasteiger partial charge in [0.15, 0.2) is 0 Å². The molecule has 7 heteroatoms. The summed E-state index contributed by atoms with van der Waals surface area (Å²) in [6, 6.07) is 2.88. The number of pyridine rings is 1. The number of hydrogen-bond acceptors (Lipinski definition) is 3. The van der Waals surface area contributed by atoms with Crippen molar-refractivity contribution in [3.8, 4) is 0 Å². The quantitative estimate of drug-likeness (QED) is 0.828. The average molecular weight is 233 g/mol. The molecule has 0 aliphatic heterocycles. The molecule has 0 atom stereocenters. The zero-order chi connectivity index (χ0) is 12.2. The number of nitrogens with zero attached hydrogens (tertiary/aromatic N) is 1. The molecule has 4 nitrogen and oxygen atoms in total. The van der Waals surface area contributed by atoms with Crippen molar-refractivity contribution < 1.29 is 18.0 Å². The second-order valence-corrected chi connectivity index (χ2v) is 3.06. The second-order valence-electron chi connectivity index (χ2n) is 3.06. The molecule has 1 aromatic rings. The van der Waals surface area contributed by atoms with Gasteiger partial charge < -0.3 is 11.1 Å². The van der Waals surface area contributed by atoms with Crippen LogP contribution in [0, 0.1) is 0 Å². The van der Waals surface area contributed by atoms with E-state index in [1.165, 1.54) is 18.3 Å². The van der Waals surface area contributed by atoms with Crippen molar-refractivity contribution in [3.63, 3.8) is 0 Å². The highest BCUT2D eigenvalue weighted by Gasteiger charge is 2.26. The Morgan fingerprint density at radius 2 is 2.19 bits per heavy atom. The summed E-state index contributed by atoms with van der Waals surface area (Å²) in [7, 11) is 0. The van der Waals surface area contributed by atoms with Crippen LogP contribution in [0.15, 0.2) is 18.3 Å². The Morgan fingerprint density at radius 1 is 1.50 bits per heavy atom. The lowest BCUT2D eigenvalue weighted by Crippen LogP contribution is -2.19. The highest BCUT2D eigenvalue weighted by molar-refractivity contribution is 5.97. The number of alkyl halides is 3. The number of anilines is 1. The number of rotatable bonds is 4. The molecule has 0 fully saturated rings. The second kappa shape index (κ2) is 4.82. The normalized spacial score (nSPS) is 11.2. The summed E-state index contributed by atoms with van der Waals surface area (Å²) < 4.78 is 35.6. The maximum atomic E-state index is 11.9. The fourth-order valence-corrected chi connectivity index (χ4v) is 1.07. The molecule has 0 saturated heterocycles. The zero-order valence-electron chi connectivity index (χ0n) is 8.21. The third-order valence-electron chi connectivity index (χ3n) is 1.77. The summed E-state index contributed by atoms with van der Waals surface area (Å²) in [5, 5.41) is 2.42.